The number of hydrogen-bond acceptors (Lipinski definition) is 3. The fraction of sp³-hybridized carbons (Fsp3) is 0.588. The first-order valence-electron chi connectivity index (χ1n) is 8.22. The SMILES string of the molecule is O=C([C@@H]1CCCO1)N1CCN(Cc2cccc(C(F)(F)F)c2)CC1. The first-order chi connectivity index (χ1) is 11.4. The van der Waals surface area contributed by atoms with Crippen LogP contribution in [-0.2, 0) is 22.3 Å². The Hall–Kier alpha value is -1.60. The number of amides is 1. The molecule has 2 aliphatic heterocycles. The average Bonchev–Trinajstić information content (AvgIpc) is 3.09. The van der Waals surface area contributed by atoms with Crippen molar-refractivity contribution in [1.29, 1.82) is 0 Å². The summed E-state index contributed by atoms with van der Waals surface area (Å²) in [7, 11) is 0. The van der Waals surface area contributed by atoms with Crippen molar-refractivity contribution in [1.82, 2.24) is 9.80 Å². The lowest BCUT2D eigenvalue weighted by Crippen LogP contribution is -2.51. The molecule has 0 N–H and O–H groups in total. The molecule has 0 spiro atoms. The monoisotopic (exact) mass is 342 g/mol. The minimum Gasteiger partial charge on any atom is -0.368 e. The Morgan fingerprint density at radius 3 is 2.58 bits per heavy atom. The molecule has 2 aliphatic rings. The van der Waals surface area contributed by atoms with Crippen LogP contribution < -0.4 is 0 Å². The molecule has 132 valence electrons. The predicted octanol–water partition coefficient (Wildman–Crippen LogP) is 2.53. The summed E-state index contributed by atoms with van der Waals surface area (Å²) in [6.45, 7) is 3.62. The van der Waals surface area contributed by atoms with Crippen molar-refractivity contribution in [2.45, 2.75) is 31.7 Å². The van der Waals surface area contributed by atoms with Crippen molar-refractivity contribution >= 4 is 5.91 Å². The van der Waals surface area contributed by atoms with Gasteiger partial charge in [-0.3, -0.25) is 9.69 Å². The molecule has 7 heteroatoms. The number of rotatable bonds is 3. The van der Waals surface area contributed by atoms with E-state index in [4.69, 9.17) is 4.74 Å². The van der Waals surface area contributed by atoms with E-state index in [1.54, 1.807) is 11.0 Å². The van der Waals surface area contributed by atoms with Crippen molar-refractivity contribution in [3.05, 3.63) is 35.4 Å². The Morgan fingerprint density at radius 2 is 1.96 bits per heavy atom. The van der Waals surface area contributed by atoms with Crippen LogP contribution in [0.1, 0.15) is 24.0 Å². The van der Waals surface area contributed by atoms with E-state index >= 15 is 0 Å². The van der Waals surface area contributed by atoms with Crippen LogP contribution in [0, 0.1) is 0 Å². The van der Waals surface area contributed by atoms with E-state index in [9.17, 15) is 18.0 Å². The molecule has 0 aliphatic carbocycles. The summed E-state index contributed by atoms with van der Waals surface area (Å²) < 4.78 is 43.7. The Balaban J connectivity index is 1.53. The average molecular weight is 342 g/mol. The first-order valence-corrected chi connectivity index (χ1v) is 8.22. The number of nitrogens with zero attached hydrogens (tertiary/aromatic N) is 2. The molecule has 0 unspecified atom stereocenters. The fourth-order valence-corrected chi connectivity index (χ4v) is 3.21. The fourth-order valence-electron chi connectivity index (χ4n) is 3.21. The molecule has 0 bridgehead atoms. The van der Waals surface area contributed by atoms with Gasteiger partial charge >= 0.3 is 6.18 Å². The highest BCUT2D eigenvalue weighted by molar-refractivity contribution is 5.81. The summed E-state index contributed by atoms with van der Waals surface area (Å²) in [5.41, 5.74) is 0.0240. The van der Waals surface area contributed by atoms with Crippen molar-refractivity contribution in [3.8, 4) is 0 Å². The van der Waals surface area contributed by atoms with Crippen LogP contribution >= 0.6 is 0 Å². The molecule has 1 aromatic rings. The van der Waals surface area contributed by atoms with Crippen LogP contribution in [0.5, 0.6) is 0 Å². The smallest absolute Gasteiger partial charge is 0.368 e. The number of halogens is 3. The number of piperazine rings is 1. The quantitative estimate of drug-likeness (QED) is 0.846. The van der Waals surface area contributed by atoms with Crippen molar-refractivity contribution in [2.24, 2.45) is 0 Å². The van der Waals surface area contributed by atoms with Gasteiger partial charge in [-0.2, -0.15) is 13.2 Å². The van der Waals surface area contributed by atoms with Crippen LogP contribution in [0.15, 0.2) is 24.3 Å². The molecule has 2 fully saturated rings. The van der Waals surface area contributed by atoms with Gasteiger partial charge in [0.05, 0.1) is 5.56 Å². The Bertz CT molecular complexity index is 577. The summed E-state index contributed by atoms with van der Waals surface area (Å²) in [5, 5.41) is 0. The van der Waals surface area contributed by atoms with Crippen molar-refractivity contribution < 1.29 is 22.7 Å². The van der Waals surface area contributed by atoms with E-state index in [0.29, 0.717) is 44.9 Å². The maximum atomic E-state index is 12.8. The highest BCUT2D eigenvalue weighted by atomic mass is 19.4. The zero-order chi connectivity index (χ0) is 17.2. The van der Waals surface area contributed by atoms with E-state index in [-0.39, 0.29) is 12.0 Å². The van der Waals surface area contributed by atoms with Gasteiger partial charge in [0, 0.05) is 39.3 Å². The lowest BCUT2D eigenvalue weighted by atomic mass is 10.1. The largest absolute Gasteiger partial charge is 0.416 e. The second-order valence-corrected chi connectivity index (χ2v) is 6.30. The summed E-state index contributed by atoms with van der Waals surface area (Å²) >= 11 is 0. The molecule has 0 radical (unpaired) electrons. The summed E-state index contributed by atoms with van der Waals surface area (Å²) in [4.78, 5) is 16.2. The van der Waals surface area contributed by atoms with Gasteiger partial charge < -0.3 is 9.64 Å². The van der Waals surface area contributed by atoms with Gasteiger partial charge in [0.25, 0.3) is 5.91 Å². The van der Waals surface area contributed by atoms with Crippen molar-refractivity contribution in [3.63, 3.8) is 0 Å². The van der Waals surface area contributed by atoms with E-state index in [1.165, 1.54) is 12.1 Å². The van der Waals surface area contributed by atoms with Gasteiger partial charge in [-0.1, -0.05) is 18.2 Å². The lowest BCUT2D eigenvalue weighted by Gasteiger charge is -2.35. The van der Waals surface area contributed by atoms with E-state index in [2.05, 4.69) is 4.90 Å². The summed E-state index contributed by atoms with van der Waals surface area (Å²) in [6.07, 6.45) is -2.92. The van der Waals surface area contributed by atoms with Gasteiger partial charge in [-0.05, 0) is 24.5 Å². The number of hydrogen-bond donors (Lipinski definition) is 0. The number of alkyl halides is 3. The normalized spacial score (nSPS) is 22.8. The molecule has 1 aromatic carbocycles. The van der Waals surface area contributed by atoms with Gasteiger partial charge in [0.2, 0.25) is 0 Å². The number of benzene rings is 1. The van der Waals surface area contributed by atoms with Crippen LogP contribution in [0.25, 0.3) is 0 Å². The van der Waals surface area contributed by atoms with E-state index < -0.39 is 11.7 Å². The number of carbonyl (C=O) groups is 1. The molecule has 24 heavy (non-hydrogen) atoms. The Kier molecular flexibility index (Phi) is 5.10. The second-order valence-electron chi connectivity index (χ2n) is 6.30. The summed E-state index contributed by atoms with van der Waals surface area (Å²) in [6, 6.07) is 5.43. The van der Waals surface area contributed by atoms with E-state index in [0.717, 1.165) is 18.9 Å². The third-order valence-corrected chi connectivity index (χ3v) is 4.55. The molecule has 3 rings (SSSR count). The molecule has 2 heterocycles. The van der Waals surface area contributed by atoms with Crippen molar-refractivity contribution in [2.75, 3.05) is 32.8 Å². The highest BCUT2D eigenvalue weighted by Crippen LogP contribution is 2.29. The Morgan fingerprint density at radius 1 is 1.21 bits per heavy atom. The second kappa shape index (κ2) is 7.11. The van der Waals surface area contributed by atoms with Crippen LogP contribution in [0.4, 0.5) is 13.2 Å². The standard InChI is InChI=1S/C17H21F3N2O2/c18-17(19,20)14-4-1-3-13(11-14)12-21-6-8-22(9-7-21)16(23)15-5-2-10-24-15/h1,3-4,11,15H,2,5-10,12H2/t15-/m0/s1. The van der Waals surface area contributed by atoms with Crippen LogP contribution in [0.2, 0.25) is 0 Å². The minimum absolute atomic E-state index is 0.0474. The molecule has 4 nitrogen and oxygen atoms in total. The van der Waals surface area contributed by atoms with Gasteiger partial charge in [0.1, 0.15) is 6.10 Å². The highest BCUT2D eigenvalue weighted by Gasteiger charge is 2.32. The topological polar surface area (TPSA) is 32.8 Å². The number of carbonyl (C=O) groups excluding carboxylic acids is 1. The Labute approximate surface area is 139 Å². The molecule has 2 saturated heterocycles. The van der Waals surface area contributed by atoms with Crippen LogP contribution in [-0.4, -0.2) is 54.6 Å². The zero-order valence-electron chi connectivity index (χ0n) is 13.4. The third kappa shape index (κ3) is 4.08. The number of ether oxygens (including phenoxy) is 1. The first kappa shape index (κ1) is 17.2. The zero-order valence-corrected chi connectivity index (χ0v) is 13.4. The van der Waals surface area contributed by atoms with Gasteiger partial charge in [-0.25, -0.2) is 0 Å². The minimum atomic E-state index is -4.32. The van der Waals surface area contributed by atoms with Crippen LogP contribution in [0.3, 0.4) is 0 Å². The van der Waals surface area contributed by atoms with Gasteiger partial charge in [0.15, 0.2) is 0 Å². The molecule has 1 atom stereocenters. The van der Waals surface area contributed by atoms with Gasteiger partial charge in [-0.15, -0.1) is 0 Å². The summed E-state index contributed by atoms with van der Waals surface area (Å²) in [5.74, 6) is 0.0474. The maximum Gasteiger partial charge on any atom is 0.416 e. The molecular weight excluding hydrogens is 321 g/mol. The predicted molar refractivity (Wildman–Crippen MR) is 82.3 cm³/mol. The molecule has 0 aromatic heterocycles. The third-order valence-electron chi connectivity index (χ3n) is 4.55. The lowest BCUT2D eigenvalue weighted by molar-refractivity contribution is -0.142. The van der Waals surface area contributed by atoms with E-state index in [1.807, 2.05) is 0 Å². The molecule has 1 amide bonds. The molecular formula is C17H21F3N2O2. The molecule has 0 saturated carbocycles. The maximum absolute atomic E-state index is 12.8.